The lowest BCUT2D eigenvalue weighted by Gasteiger charge is -2.25. The Labute approximate surface area is 128 Å². The van der Waals surface area contributed by atoms with E-state index in [-0.39, 0.29) is 11.3 Å². The van der Waals surface area contributed by atoms with Crippen molar-refractivity contribution in [1.29, 1.82) is 0 Å². The van der Waals surface area contributed by atoms with E-state index in [0.717, 1.165) is 18.0 Å². The molecule has 4 nitrogen and oxygen atoms in total. The van der Waals surface area contributed by atoms with Gasteiger partial charge in [0.05, 0.1) is 18.4 Å². The topological polar surface area (TPSA) is 34.5 Å². The van der Waals surface area contributed by atoms with Crippen molar-refractivity contribution in [2.24, 2.45) is 7.05 Å². The summed E-state index contributed by atoms with van der Waals surface area (Å²) in [6.07, 6.45) is 2.01. The fraction of sp³-hybridized carbons (Fsp3) is 0.312. The normalized spacial score (nSPS) is 18.0. The molecule has 1 aliphatic heterocycles. The van der Waals surface area contributed by atoms with E-state index in [9.17, 15) is 4.79 Å². The fourth-order valence-electron chi connectivity index (χ4n) is 2.63. The second kappa shape index (κ2) is 5.85. The standard InChI is InChI=1S/C16H18N2O2S/c1-17-9-5-7-13(17)16-18(10-11-21-16)15(19)12-6-3-4-8-14(12)20-2/h3-9,16H,10-11H2,1-2H3/t16-/m0/s1. The Hall–Kier alpha value is -1.88. The number of methoxy groups -OCH3 is 1. The molecule has 1 atom stereocenters. The van der Waals surface area contributed by atoms with Gasteiger partial charge in [-0.25, -0.2) is 0 Å². The van der Waals surface area contributed by atoms with E-state index in [1.54, 1.807) is 18.9 Å². The lowest BCUT2D eigenvalue weighted by atomic mass is 10.1. The highest BCUT2D eigenvalue weighted by Crippen LogP contribution is 2.39. The van der Waals surface area contributed by atoms with Crippen LogP contribution in [0, 0.1) is 0 Å². The second-order valence-electron chi connectivity index (χ2n) is 4.97. The predicted octanol–water partition coefficient (Wildman–Crippen LogP) is 2.92. The third-order valence-electron chi connectivity index (χ3n) is 3.73. The number of nitrogens with zero attached hydrogens (tertiary/aromatic N) is 2. The lowest BCUT2D eigenvalue weighted by Crippen LogP contribution is -2.31. The first-order chi connectivity index (χ1) is 10.2. The van der Waals surface area contributed by atoms with Crippen LogP contribution >= 0.6 is 11.8 Å². The second-order valence-corrected chi connectivity index (χ2v) is 6.15. The highest BCUT2D eigenvalue weighted by Gasteiger charge is 2.33. The zero-order chi connectivity index (χ0) is 14.8. The van der Waals surface area contributed by atoms with Crippen molar-refractivity contribution in [3.05, 3.63) is 53.9 Å². The predicted molar refractivity (Wildman–Crippen MR) is 84.6 cm³/mol. The highest BCUT2D eigenvalue weighted by molar-refractivity contribution is 7.99. The smallest absolute Gasteiger partial charge is 0.258 e. The Morgan fingerprint density at radius 3 is 2.81 bits per heavy atom. The third-order valence-corrected chi connectivity index (χ3v) is 4.96. The average Bonchev–Trinajstić information content (AvgIpc) is 3.14. The number of ether oxygens (including phenoxy) is 1. The van der Waals surface area contributed by atoms with Crippen molar-refractivity contribution in [1.82, 2.24) is 9.47 Å². The first-order valence-electron chi connectivity index (χ1n) is 6.89. The molecule has 1 fully saturated rings. The number of thioether (sulfide) groups is 1. The number of benzene rings is 1. The van der Waals surface area contributed by atoms with Gasteiger partial charge in [0.1, 0.15) is 11.1 Å². The molecule has 1 aromatic carbocycles. The number of aryl methyl sites for hydroxylation is 1. The molecule has 1 amide bonds. The maximum atomic E-state index is 12.9. The molecule has 0 aliphatic carbocycles. The molecule has 0 radical (unpaired) electrons. The maximum Gasteiger partial charge on any atom is 0.258 e. The summed E-state index contributed by atoms with van der Waals surface area (Å²) in [7, 11) is 3.61. The fourth-order valence-corrected chi connectivity index (χ4v) is 3.95. The first kappa shape index (κ1) is 14.1. The molecule has 0 unspecified atom stereocenters. The minimum absolute atomic E-state index is 0.0312. The number of hydrogen-bond donors (Lipinski definition) is 0. The van der Waals surface area contributed by atoms with Gasteiger partial charge in [0, 0.05) is 25.5 Å². The molecule has 21 heavy (non-hydrogen) atoms. The molecule has 0 spiro atoms. The Balaban J connectivity index is 1.92. The number of carbonyl (C=O) groups is 1. The van der Waals surface area contributed by atoms with Gasteiger partial charge in [-0.05, 0) is 24.3 Å². The summed E-state index contributed by atoms with van der Waals surface area (Å²) in [6.45, 7) is 0.761. The average molecular weight is 302 g/mol. The number of rotatable bonds is 3. The summed E-state index contributed by atoms with van der Waals surface area (Å²) in [5.41, 5.74) is 1.78. The maximum absolute atomic E-state index is 12.9. The number of amides is 1. The number of hydrogen-bond acceptors (Lipinski definition) is 3. The molecule has 2 aromatic rings. The van der Waals surface area contributed by atoms with Crippen molar-refractivity contribution in [3.63, 3.8) is 0 Å². The molecular weight excluding hydrogens is 284 g/mol. The van der Waals surface area contributed by atoms with E-state index in [1.165, 1.54) is 0 Å². The largest absolute Gasteiger partial charge is 0.496 e. The van der Waals surface area contributed by atoms with Crippen LogP contribution in [0.1, 0.15) is 21.4 Å². The van der Waals surface area contributed by atoms with Crippen LogP contribution in [0.4, 0.5) is 0 Å². The van der Waals surface area contributed by atoms with E-state index in [4.69, 9.17) is 4.74 Å². The summed E-state index contributed by atoms with van der Waals surface area (Å²) in [6, 6.07) is 11.5. The number of para-hydroxylation sites is 1. The number of carbonyl (C=O) groups excluding carboxylic acids is 1. The van der Waals surface area contributed by atoms with Gasteiger partial charge >= 0.3 is 0 Å². The number of aromatic nitrogens is 1. The van der Waals surface area contributed by atoms with Crippen LogP contribution in [0.3, 0.4) is 0 Å². The van der Waals surface area contributed by atoms with Crippen molar-refractivity contribution in [2.45, 2.75) is 5.37 Å². The van der Waals surface area contributed by atoms with Crippen LogP contribution in [0.15, 0.2) is 42.6 Å². The van der Waals surface area contributed by atoms with Gasteiger partial charge in [0.2, 0.25) is 0 Å². The summed E-state index contributed by atoms with van der Waals surface area (Å²) in [5, 5.41) is 0.0717. The van der Waals surface area contributed by atoms with Crippen molar-refractivity contribution < 1.29 is 9.53 Å². The zero-order valence-electron chi connectivity index (χ0n) is 12.2. The summed E-state index contributed by atoms with van der Waals surface area (Å²) in [4.78, 5) is 14.8. The van der Waals surface area contributed by atoms with Crippen LogP contribution in [0.25, 0.3) is 0 Å². The van der Waals surface area contributed by atoms with Crippen LogP contribution in [-0.4, -0.2) is 34.8 Å². The minimum atomic E-state index is 0.0312. The molecule has 1 aromatic heterocycles. The van der Waals surface area contributed by atoms with E-state index < -0.39 is 0 Å². The molecular formula is C16H18N2O2S. The summed E-state index contributed by atoms with van der Waals surface area (Å²) >= 11 is 1.80. The molecule has 0 N–H and O–H groups in total. The zero-order valence-corrected chi connectivity index (χ0v) is 13.0. The van der Waals surface area contributed by atoms with Crippen molar-refractivity contribution >= 4 is 17.7 Å². The lowest BCUT2D eigenvalue weighted by molar-refractivity contribution is 0.0754. The molecule has 1 saturated heterocycles. The van der Waals surface area contributed by atoms with Gasteiger partial charge < -0.3 is 14.2 Å². The Bertz CT molecular complexity index is 653. The monoisotopic (exact) mass is 302 g/mol. The Morgan fingerprint density at radius 2 is 2.10 bits per heavy atom. The van der Waals surface area contributed by atoms with Crippen LogP contribution in [-0.2, 0) is 7.05 Å². The van der Waals surface area contributed by atoms with Gasteiger partial charge in [0.15, 0.2) is 0 Å². The molecule has 0 bridgehead atoms. The van der Waals surface area contributed by atoms with Crippen LogP contribution in [0.5, 0.6) is 5.75 Å². The van der Waals surface area contributed by atoms with E-state index in [1.807, 2.05) is 48.5 Å². The molecule has 110 valence electrons. The van der Waals surface area contributed by atoms with Crippen molar-refractivity contribution in [2.75, 3.05) is 19.4 Å². The Morgan fingerprint density at radius 1 is 1.29 bits per heavy atom. The molecule has 3 rings (SSSR count). The van der Waals surface area contributed by atoms with Gasteiger partial charge in [0.25, 0.3) is 5.91 Å². The van der Waals surface area contributed by atoms with Crippen molar-refractivity contribution in [3.8, 4) is 5.75 Å². The third kappa shape index (κ3) is 2.53. The van der Waals surface area contributed by atoms with Gasteiger partial charge in [-0.15, -0.1) is 11.8 Å². The minimum Gasteiger partial charge on any atom is -0.496 e. The van der Waals surface area contributed by atoms with Gasteiger partial charge in [-0.1, -0.05) is 12.1 Å². The highest BCUT2D eigenvalue weighted by atomic mass is 32.2. The van der Waals surface area contributed by atoms with E-state index >= 15 is 0 Å². The first-order valence-corrected chi connectivity index (χ1v) is 7.94. The molecule has 1 aliphatic rings. The SMILES string of the molecule is COc1ccccc1C(=O)N1CCS[C@H]1c1cccn1C. The van der Waals surface area contributed by atoms with Gasteiger partial charge in [-0.3, -0.25) is 4.79 Å². The van der Waals surface area contributed by atoms with Crippen LogP contribution < -0.4 is 4.74 Å². The van der Waals surface area contributed by atoms with E-state index in [2.05, 4.69) is 10.6 Å². The molecule has 2 heterocycles. The van der Waals surface area contributed by atoms with Gasteiger partial charge in [-0.2, -0.15) is 0 Å². The molecule has 5 heteroatoms. The van der Waals surface area contributed by atoms with E-state index in [0.29, 0.717) is 11.3 Å². The summed E-state index contributed by atoms with van der Waals surface area (Å²) in [5.74, 6) is 1.62. The molecule has 0 saturated carbocycles. The Kier molecular flexibility index (Phi) is 3.92. The quantitative estimate of drug-likeness (QED) is 0.874. The summed E-state index contributed by atoms with van der Waals surface area (Å²) < 4.78 is 7.39. The van der Waals surface area contributed by atoms with Crippen LogP contribution in [0.2, 0.25) is 0 Å².